The van der Waals surface area contributed by atoms with Crippen molar-refractivity contribution >= 4 is 17.1 Å². The average molecular weight is 231 g/mol. The quantitative estimate of drug-likeness (QED) is 0.825. The summed E-state index contributed by atoms with van der Waals surface area (Å²) in [5.41, 5.74) is 7.51. The summed E-state index contributed by atoms with van der Waals surface area (Å²) in [6.07, 6.45) is 0. The summed E-state index contributed by atoms with van der Waals surface area (Å²) in [4.78, 5) is 12.7. The number of rotatable bonds is 3. The van der Waals surface area contributed by atoms with E-state index in [1.54, 1.807) is 0 Å². The van der Waals surface area contributed by atoms with Crippen LogP contribution in [-0.2, 0) is 0 Å². The Labute approximate surface area is 98.7 Å². The summed E-state index contributed by atoms with van der Waals surface area (Å²) in [6, 6.07) is 11.2. The first-order valence-corrected chi connectivity index (χ1v) is 6.00. The SMILES string of the molecule is CC(N)c1ccc(C(=O)c2cccs2)cc1. The van der Waals surface area contributed by atoms with Gasteiger partial charge in [-0.2, -0.15) is 0 Å². The maximum atomic E-state index is 12.0. The normalized spacial score (nSPS) is 12.4. The molecular formula is C13H13NOS. The summed E-state index contributed by atoms with van der Waals surface area (Å²) >= 11 is 1.46. The third kappa shape index (κ3) is 2.21. The summed E-state index contributed by atoms with van der Waals surface area (Å²) in [5, 5.41) is 1.91. The number of benzene rings is 1. The monoisotopic (exact) mass is 231 g/mol. The number of carbonyl (C=O) groups excluding carboxylic acids is 1. The Balaban J connectivity index is 2.25. The Morgan fingerprint density at radius 3 is 2.44 bits per heavy atom. The van der Waals surface area contributed by atoms with Crippen molar-refractivity contribution in [2.45, 2.75) is 13.0 Å². The zero-order chi connectivity index (χ0) is 11.5. The van der Waals surface area contributed by atoms with Gasteiger partial charge >= 0.3 is 0 Å². The molecule has 82 valence electrons. The number of hydrogen-bond acceptors (Lipinski definition) is 3. The van der Waals surface area contributed by atoms with Crippen molar-refractivity contribution < 1.29 is 4.79 Å². The molecule has 2 N–H and O–H groups in total. The van der Waals surface area contributed by atoms with E-state index < -0.39 is 0 Å². The van der Waals surface area contributed by atoms with Gasteiger partial charge in [0.25, 0.3) is 0 Å². The van der Waals surface area contributed by atoms with Crippen LogP contribution in [0.25, 0.3) is 0 Å². The Morgan fingerprint density at radius 2 is 1.94 bits per heavy atom. The van der Waals surface area contributed by atoms with Crippen molar-refractivity contribution in [3.8, 4) is 0 Å². The molecule has 0 saturated carbocycles. The van der Waals surface area contributed by atoms with Gasteiger partial charge in [0.1, 0.15) is 0 Å². The molecule has 1 atom stereocenters. The Kier molecular flexibility index (Phi) is 3.17. The fraction of sp³-hybridized carbons (Fsp3) is 0.154. The summed E-state index contributed by atoms with van der Waals surface area (Å²) in [5.74, 6) is 0.0752. The summed E-state index contributed by atoms with van der Waals surface area (Å²) in [7, 11) is 0. The molecule has 0 saturated heterocycles. The second kappa shape index (κ2) is 4.60. The van der Waals surface area contributed by atoms with Crippen molar-refractivity contribution in [3.05, 3.63) is 57.8 Å². The van der Waals surface area contributed by atoms with Crippen LogP contribution < -0.4 is 5.73 Å². The fourth-order valence-corrected chi connectivity index (χ4v) is 2.17. The topological polar surface area (TPSA) is 43.1 Å². The van der Waals surface area contributed by atoms with Crippen molar-refractivity contribution in [2.75, 3.05) is 0 Å². The number of carbonyl (C=O) groups is 1. The van der Waals surface area contributed by atoms with Gasteiger partial charge in [-0.05, 0) is 23.9 Å². The van der Waals surface area contributed by atoms with Crippen LogP contribution in [0.1, 0.15) is 33.8 Å². The van der Waals surface area contributed by atoms with Gasteiger partial charge in [-0.3, -0.25) is 4.79 Å². The van der Waals surface area contributed by atoms with Crippen molar-refractivity contribution in [1.82, 2.24) is 0 Å². The Bertz CT molecular complexity index is 471. The van der Waals surface area contributed by atoms with Crippen molar-refractivity contribution in [2.24, 2.45) is 5.73 Å². The smallest absolute Gasteiger partial charge is 0.202 e. The first-order valence-electron chi connectivity index (χ1n) is 5.12. The van der Waals surface area contributed by atoms with Gasteiger partial charge in [0, 0.05) is 11.6 Å². The molecular weight excluding hydrogens is 218 g/mol. The molecule has 0 aliphatic rings. The molecule has 1 aromatic heterocycles. The molecule has 1 heterocycles. The molecule has 2 aromatic rings. The highest BCUT2D eigenvalue weighted by atomic mass is 32.1. The van der Waals surface area contributed by atoms with Crippen LogP contribution in [-0.4, -0.2) is 5.78 Å². The number of thiophene rings is 1. The zero-order valence-electron chi connectivity index (χ0n) is 9.01. The Hall–Kier alpha value is -1.45. The number of hydrogen-bond donors (Lipinski definition) is 1. The van der Waals surface area contributed by atoms with Crippen LogP contribution in [0.15, 0.2) is 41.8 Å². The van der Waals surface area contributed by atoms with Crippen LogP contribution in [0.5, 0.6) is 0 Å². The highest BCUT2D eigenvalue weighted by Crippen LogP contribution is 2.17. The van der Waals surface area contributed by atoms with E-state index in [0.717, 1.165) is 10.4 Å². The van der Waals surface area contributed by atoms with E-state index in [1.165, 1.54) is 11.3 Å². The predicted molar refractivity (Wildman–Crippen MR) is 66.8 cm³/mol. The molecule has 0 radical (unpaired) electrons. The molecule has 0 aliphatic carbocycles. The van der Waals surface area contributed by atoms with Gasteiger partial charge < -0.3 is 5.73 Å². The first kappa shape index (κ1) is 11.0. The maximum absolute atomic E-state index is 12.0. The van der Waals surface area contributed by atoms with E-state index in [4.69, 9.17) is 5.73 Å². The molecule has 0 bridgehead atoms. The molecule has 0 fully saturated rings. The van der Waals surface area contributed by atoms with E-state index in [1.807, 2.05) is 48.7 Å². The molecule has 2 nitrogen and oxygen atoms in total. The van der Waals surface area contributed by atoms with Gasteiger partial charge in [-0.1, -0.05) is 30.3 Å². The van der Waals surface area contributed by atoms with E-state index in [-0.39, 0.29) is 11.8 Å². The zero-order valence-corrected chi connectivity index (χ0v) is 9.83. The van der Waals surface area contributed by atoms with Crippen LogP contribution in [0.2, 0.25) is 0 Å². The minimum atomic E-state index is 0.00545. The van der Waals surface area contributed by atoms with Gasteiger partial charge in [0.05, 0.1) is 4.88 Å². The predicted octanol–water partition coefficient (Wildman–Crippen LogP) is 3.00. The van der Waals surface area contributed by atoms with Gasteiger partial charge in [0.15, 0.2) is 0 Å². The van der Waals surface area contributed by atoms with Crippen LogP contribution in [0, 0.1) is 0 Å². The highest BCUT2D eigenvalue weighted by Gasteiger charge is 2.09. The lowest BCUT2D eigenvalue weighted by atomic mass is 10.0. The van der Waals surface area contributed by atoms with Crippen LogP contribution >= 0.6 is 11.3 Å². The lowest BCUT2D eigenvalue weighted by molar-refractivity contribution is 0.104. The summed E-state index contributed by atoms with van der Waals surface area (Å²) in [6.45, 7) is 1.93. The number of ketones is 1. The molecule has 2 rings (SSSR count). The molecule has 1 aromatic carbocycles. The molecule has 0 amide bonds. The van der Waals surface area contributed by atoms with E-state index in [2.05, 4.69) is 0 Å². The maximum Gasteiger partial charge on any atom is 0.202 e. The van der Waals surface area contributed by atoms with Crippen molar-refractivity contribution in [3.63, 3.8) is 0 Å². The van der Waals surface area contributed by atoms with Gasteiger partial charge in [-0.15, -0.1) is 11.3 Å². The highest BCUT2D eigenvalue weighted by molar-refractivity contribution is 7.12. The van der Waals surface area contributed by atoms with Crippen LogP contribution in [0.3, 0.4) is 0 Å². The second-order valence-electron chi connectivity index (χ2n) is 3.72. The third-order valence-corrected chi connectivity index (χ3v) is 3.31. The van der Waals surface area contributed by atoms with E-state index in [9.17, 15) is 4.79 Å². The fourth-order valence-electron chi connectivity index (χ4n) is 1.49. The average Bonchev–Trinajstić information content (AvgIpc) is 2.81. The minimum Gasteiger partial charge on any atom is -0.324 e. The van der Waals surface area contributed by atoms with Gasteiger partial charge in [-0.25, -0.2) is 0 Å². The minimum absolute atomic E-state index is 0.00545. The van der Waals surface area contributed by atoms with Crippen molar-refractivity contribution in [1.29, 1.82) is 0 Å². The Morgan fingerprint density at radius 1 is 1.25 bits per heavy atom. The summed E-state index contributed by atoms with van der Waals surface area (Å²) < 4.78 is 0. The second-order valence-corrected chi connectivity index (χ2v) is 4.66. The lowest BCUT2D eigenvalue weighted by Gasteiger charge is -2.05. The first-order chi connectivity index (χ1) is 7.68. The van der Waals surface area contributed by atoms with Gasteiger partial charge in [0.2, 0.25) is 5.78 Å². The molecule has 1 unspecified atom stereocenters. The molecule has 3 heteroatoms. The van der Waals surface area contributed by atoms with E-state index in [0.29, 0.717) is 5.56 Å². The lowest BCUT2D eigenvalue weighted by Crippen LogP contribution is -2.05. The molecule has 16 heavy (non-hydrogen) atoms. The van der Waals surface area contributed by atoms with E-state index >= 15 is 0 Å². The third-order valence-electron chi connectivity index (χ3n) is 2.44. The number of nitrogens with two attached hydrogens (primary N) is 1. The standard InChI is InChI=1S/C13H13NOS/c1-9(14)10-4-6-11(7-5-10)13(15)12-3-2-8-16-12/h2-9H,14H2,1H3. The molecule has 0 aliphatic heterocycles. The largest absolute Gasteiger partial charge is 0.324 e. The molecule has 0 spiro atoms. The van der Waals surface area contributed by atoms with Crippen LogP contribution in [0.4, 0.5) is 0 Å².